The van der Waals surface area contributed by atoms with Crippen molar-refractivity contribution in [3.63, 3.8) is 0 Å². The summed E-state index contributed by atoms with van der Waals surface area (Å²) in [5.41, 5.74) is 3.85. The molecule has 0 spiro atoms. The normalized spacial score (nSPS) is 10.5. The van der Waals surface area contributed by atoms with E-state index in [1.165, 1.54) is 16.7 Å². The quantitative estimate of drug-likeness (QED) is 0.611. The van der Waals surface area contributed by atoms with Crippen molar-refractivity contribution in [2.45, 2.75) is 26.8 Å². The van der Waals surface area contributed by atoms with Crippen LogP contribution in [0, 0.1) is 13.8 Å². The maximum Gasteiger partial charge on any atom is 0.122 e. The van der Waals surface area contributed by atoms with Crippen LogP contribution in [0.25, 0.3) is 0 Å². The average Bonchev–Trinajstić information content (AvgIpc) is 2.30. The molecule has 0 amide bonds. The van der Waals surface area contributed by atoms with E-state index in [4.69, 9.17) is 16.3 Å². The molecule has 0 aliphatic heterocycles. The summed E-state index contributed by atoms with van der Waals surface area (Å²) in [6.45, 7) is 6.09. The summed E-state index contributed by atoms with van der Waals surface area (Å²) in [5, 5.41) is 3.38. The van der Waals surface area contributed by atoms with Gasteiger partial charge in [-0.1, -0.05) is 6.07 Å². The Kier molecular flexibility index (Phi) is 5.64. The fourth-order valence-corrected chi connectivity index (χ4v) is 1.81. The molecule has 0 atom stereocenters. The first-order valence-corrected chi connectivity index (χ1v) is 6.14. The van der Waals surface area contributed by atoms with Crippen LogP contribution in [-0.2, 0) is 6.54 Å². The number of rotatable bonds is 6. The molecule has 1 aromatic carbocycles. The monoisotopic (exact) mass is 241 g/mol. The summed E-state index contributed by atoms with van der Waals surface area (Å²) >= 11 is 5.62. The highest BCUT2D eigenvalue weighted by Crippen LogP contribution is 2.23. The van der Waals surface area contributed by atoms with E-state index in [2.05, 4.69) is 25.2 Å². The topological polar surface area (TPSA) is 21.3 Å². The fourth-order valence-electron chi connectivity index (χ4n) is 1.68. The van der Waals surface area contributed by atoms with Crippen molar-refractivity contribution in [2.75, 3.05) is 19.5 Å². The highest BCUT2D eigenvalue weighted by atomic mass is 35.5. The lowest BCUT2D eigenvalue weighted by Gasteiger charge is -2.13. The Morgan fingerprint density at radius 1 is 1.25 bits per heavy atom. The van der Waals surface area contributed by atoms with E-state index in [1.54, 1.807) is 7.11 Å². The van der Waals surface area contributed by atoms with Crippen LogP contribution in [0.2, 0.25) is 0 Å². The molecule has 0 saturated carbocycles. The number of alkyl halides is 1. The summed E-state index contributed by atoms with van der Waals surface area (Å²) in [6.07, 6.45) is 1.01. The zero-order valence-corrected chi connectivity index (χ0v) is 11.0. The Hall–Kier alpha value is -0.730. The highest BCUT2D eigenvalue weighted by Gasteiger charge is 2.05. The molecule has 0 bridgehead atoms. The minimum absolute atomic E-state index is 0.716. The third-order valence-corrected chi connectivity index (χ3v) is 3.14. The van der Waals surface area contributed by atoms with E-state index in [0.29, 0.717) is 5.88 Å². The van der Waals surface area contributed by atoms with Crippen LogP contribution in [-0.4, -0.2) is 19.5 Å². The maximum absolute atomic E-state index is 5.62. The van der Waals surface area contributed by atoms with Crippen LogP contribution >= 0.6 is 11.6 Å². The van der Waals surface area contributed by atoms with Crippen molar-refractivity contribution in [3.05, 3.63) is 28.8 Å². The van der Waals surface area contributed by atoms with Gasteiger partial charge < -0.3 is 10.1 Å². The molecule has 0 aromatic heterocycles. The first-order valence-electron chi connectivity index (χ1n) is 5.60. The molecule has 0 heterocycles. The number of ether oxygens (including phenoxy) is 1. The standard InChI is InChI=1S/C13H20ClNO/c1-10-11(2)13(16-3)6-5-12(10)9-15-8-4-7-14/h5-6,15H,4,7-9H2,1-3H3. The summed E-state index contributed by atoms with van der Waals surface area (Å²) in [4.78, 5) is 0. The van der Waals surface area contributed by atoms with Gasteiger partial charge in [0.05, 0.1) is 7.11 Å². The summed E-state index contributed by atoms with van der Waals surface area (Å²) in [7, 11) is 1.71. The van der Waals surface area contributed by atoms with E-state index in [9.17, 15) is 0 Å². The summed E-state index contributed by atoms with van der Waals surface area (Å²) in [6, 6.07) is 4.15. The molecule has 0 aliphatic carbocycles. The minimum atomic E-state index is 0.716. The Morgan fingerprint density at radius 2 is 2.00 bits per heavy atom. The van der Waals surface area contributed by atoms with Gasteiger partial charge in [0.1, 0.15) is 5.75 Å². The van der Waals surface area contributed by atoms with Crippen LogP contribution < -0.4 is 10.1 Å². The molecule has 0 aliphatic rings. The Labute approximate surface area is 103 Å². The van der Waals surface area contributed by atoms with Gasteiger partial charge in [-0.15, -0.1) is 11.6 Å². The first-order chi connectivity index (χ1) is 7.70. The van der Waals surface area contributed by atoms with E-state index >= 15 is 0 Å². The molecule has 1 rings (SSSR count). The van der Waals surface area contributed by atoms with Crippen molar-refractivity contribution >= 4 is 11.6 Å². The number of hydrogen-bond donors (Lipinski definition) is 1. The summed E-state index contributed by atoms with van der Waals surface area (Å²) < 4.78 is 5.29. The maximum atomic E-state index is 5.62. The molecule has 0 fully saturated rings. The van der Waals surface area contributed by atoms with Gasteiger partial charge in [-0.3, -0.25) is 0 Å². The number of nitrogens with one attached hydrogen (secondary N) is 1. The number of hydrogen-bond acceptors (Lipinski definition) is 2. The van der Waals surface area contributed by atoms with Crippen LogP contribution in [0.3, 0.4) is 0 Å². The number of benzene rings is 1. The van der Waals surface area contributed by atoms with E-state index < -0.39 is 0 Å². The lowest BCUT2D eigenvalue weighted by molar-refractivity contribution is 0.411. The van der Waals surface area contributed by atoms with Crippen molar-refractivity contribution in [3.8, 4) is 5.75 Å². The van der Waals surface area contributed by atoms with Gasteiger partial charge in [0.15, 0.2) is 0 Å². The van der Waals surface area contributed by atoms with Gasteiger partial charge in [0, 0.05) is 12.4 Å². The molecule has 16 heavy (non-hydrogen) atoms. The zero-order chi connectivity index (χ0) is 12.0. The van der Waals surface area contributed by atoms with Crippen molar-refractivity contribution in [1.29, 1.82) is 0 Å². The van der Waals surface area contributed by atoms with Crippen LogP contribution in [0.1, 0.15) is 23.1 Å². The predicted octanol–water partition coefficient (Wildman–Crippen LogP) is 3.03. The SMILES string of the molecule is COc1ccc(CNCCCCl)c(C)c1C. The molecular weight excluding hydrogens is 222 g/mol. The van der Waals surface area contributed by atoms with Gasteiger partial charge in [0.2, 0.25) is 0 Å². The van der Waals surface area contributed by atoms with Crippen LogP contribution in [0.4, 0.5) is 0 Å². The second-order valence-corrected chi connectivity index (χ2v) is 4.27. The predicted molar refractivity (Wildman–Crippen MR) is 69.5 cm³/mol. The molecule has 90 valence electrons. The molecule has 0 unspecified atom stereocenters. The van der Waals surface area contributed by atoms with Gasteiger partial charge in [-0.25, -0.2) is 0 Å². The second kappa shape index (κ2) is 6.77. The highest BCUT2D eigenvalue weighted by molar-refractivity contribution is 6.17. The van der Waals surface area contributed by atoms with Crippen LogP contribution in [0.5, 0.6) is 5.75 Å². The van der Waals surface area contributed by atoms with Crippen molar-refractivity contribution in [1.82, 2.24) is 5.32 Å². The Bertz CT molecular complexity index is 339. The van der Waals surface area contributed by atoms with Crippen molar-refractivity contribution in [2.24, 2.45) is 0 Å². The molecule has 3 heteroatoms. The van der Waals surface area contributed by atoms with Crippen molar-refractivity contribution < 1.29 is 4.74 Å². The molecular formula is C13H20ClNO. The average molecular weight is 242 g/mol. The Balaban J connectivity index is 2.64. The Morgan fingerprint density at radius 3 is 2.62 bits per heavy atom. The van der Waals surface area contributed by atoms with E-state index in [-0.39, 0.29) is 0 Å². The molecule has 1 N–H and O–H groups in total. The number of methoxy groups -OCH3 is 1. The third-order valence-electron chi connectivity index (χ3n) is 2.87. The number of halogens is 1. The second-order valence-electron chi connectivity index (χ2n) is 3.90. The van der Waals surface area contributed by atoms with Gasteiger partial charge in [0.25, 0.3) is 0 Å². The van der Waals surface area contributed by atoms with E-state index in [1.807, 2.05) is 6.07 Å². The zero-order valence-electron chi connectivity index (χ0n) is 10.3. The van der Waals surface area contributed by atoms with Gasteiger partial charge >= 0.3 is 0 Å². The minimum Gasteiger partial charge on any atom is -0.496 e. The lowest BCUT2D eigenvalue weighted by Crippen LogP contribution is -2.16. The molecule has 0 radical (unpaired) electrons. The lowest BCUT2D eigenvalue weighted by atomic mass is 10.0. The molecule has 2 nitrogen and oxygen atoms in total. The van der Waals surface area contributed by atoms with E-state index in [0.717, 1.165) is 25.3 Å². The summed E-state index contributed by atoms with van der Waals surface area (Å²) in [5.74, 6) is 1.68. The molecule has 0 saturated heterocycles. The van der Waals surface area contributed by atoms with Gasteiger partial charge in [-0.05, 0) is 49.6 Å². The van der Waals surface area contributed by atoms with Crippen LogP contribution in [0.15, 0.2) is 12.1 Å². The third kappa shape index (κ3) is 3.39. The first kappa shape index (κ1) is 13.3. The largest absolute Gasteiger partial charge is 0.496 e. The smallest absolute Gasteiger partial charge is 0.122 e. The molecule has 1 aromatic rings. The fraction of sp³-hybridized carbons (Fsp3) is 0.538. The van der Waals surface area contributed by atoms with Gasteiger partial charge in [-0.2, -0.15) is 0 Å².